The second kappa shape index (κ2) is 6.98. The van der Waals surface area contributed by atoms with E-state index >= 15 is 0 Å². The summed E-state index contributed by atoms with van der Waals surface area (Å²) in [4.78, 5) is 4.35. The summed E-state index contributed by atoms with van der Waals surface area (Å²) in [5, 5.41) is 3.34. The Morgan fingerprint density at radius 2 is 2.20 bits per heavy atom. The van der Waals surface area contributed by atoms with E-state index in [2.05, 4.69) is 35.6 Å². The Morgan fingerprint density at radius 3 is 2.95 bits per heavy atom. The van der Waals surface area contributed by atoms with E-state index in [0.717, 1.165) is 36.8 Å². The van der Waals surface area contributed by atoms with Gasteiger partial charge in [-0.3, -0.25) is 0 Å². The molecule has 4 heteroatoms. The van der Waals surface area contributed by atoms with Gasteiger partial charge in [-0.2, -0.15) is 0 Å². The van der Waals surface area contributed by atoms with Crippen LogP contribution < -0.4 is 10.1 Å². The van der Waals surface area contributed by atoms with Crippen molar-refractivity contribution in [2.45, 2.75) is 46.3 Å². The van der Waals surface area contributed by atoms with Crippen molar-refractivity contribution in [2.75, 3.05) is 5.32 Å². The third kappa shape index (κ3) is 3.76. The fourth-order valence-corrected chi connectivity index (χ4v) is 1.95. The lowest BCUT2D eigenvalue weighted by atomic mass is 10.3. The second-order valence-electron chi connectivity index (χ2n) is 4.93. The first-order valence-corrected chi connectivity index (χ1v) is 7.27. The van der Waals surface area contributed by atoms with Gasteiger partial charge in [-0.1, -0.05) is 19.9 Å². The van der Waals surface area contributed by atoms with Crippen LogP contribution in [0.15, 0.2) is 36.7 Å². The molecule has 0 bridgehead atoms. The van der Waals surface area contributed by atoms with Gasteiger partial charge in [0.2, 0.25) is 5.95 Å². The van der Waals surface area contributed by atoms with Crippen molar-refractivity contribution in [3.05, 3.63) is 36.7 Å². The Balaban J connectivity index is 2.09. The molecule has 4 nitrogen and oxygen atoms in total. The van der Waals surface area contributed by atoms with Gasteiger partial charge >= 0.3 is 0 Å². The maximum Gasteiger partial charge on any atom is 0.207 e. The summed E-state index contributed by atoms with van der Waals surface area (Å²) in [6.45, 7) is 7.32. The summed E-state index contributed by atoms with van der Waals surface area (Å²) in [5.74, 6) is 1.76. The Bertz CT molecular complexity index is 536. The van der Waals surface area contributed by atoms with Crippen molar-refractivity contribution in [1.29, 1.82) is 0 Å². The number of ether oxygens (including phenoxy) is 1. The largest absolute Gasteiger partial charge is 0.491 e. The predicted molar refractivity (Wildman–Crippen MR) is 82.6 cm³/mol. The molecule has 0 aliphatic rings. The van der Waals surface area contributed by atoms with Crippen molar-refractivity contribution in [1.82, 2.24) is 9.55 Å². The molecule has 1 unspecified atom stereocenters. The molecule has 2 aromatic rings. The molecule has 0 aliphatic carbocycles. The zero-order valence-electron chi connectivity index (χ0n) is 12.5. The first-order valence-electron chi connectivity index (χ1n) is 7.27. The normalized spacial score (nSPS) is 12.2. The Labute approximate surface area is 120 Å². The van der Waals surface area contributed by atoms with E-state index in [4.69, 9.17) is 4.74 Å². The number of aromatic nitrogens is 2. The van der Waals surface area contributed by atoms with Gasteiger partial charge < -0.3 is 14.6 Å². The molecule has 0 saturated heterocycles. The highest BCUT2D eigenvalue weighted by Crippen LogP contribution is 2.22. The molecule has 108 valence electrons. The number of hydrogen-bond donors (Lipinski definition) is 1. The number of hydrogen-bond acceptors (Lipinski definition) is 3. The van der Waals surface area contributed by atoms with Crippen molar-refractivity contribution in [2.24, 2.45) is 0 Å². The van der Waals surface area contributed by atoms with Gasteiger partial charge in [-0.15, -0.1) is 0 Å². The van der Waals surface area contributed by atoms with Gasteiger partial charge in [0.05, 0.1) is 6.10 Å². The van der Waals surface area contributed by atoms with E-state index in [1.165, 1.54) is 0 Å². The molecule has 0 aliphatic heterocycles. The lowest BCUT2D eigenvalue weighted by molar-refractivity contribution is 0.217. The molecule has 1 aromatic carbocycles. The van der Waals surface area contributed by atoms with Crippen LogP contribution in [-0.4, -0.2) is 15.7 Å². The topological polar surface area (TPSA) is 39.1 Å². The molecule has 1 N–H and O–H groups in total. The molecular formula is C16H23N3O. The number of aryl methyl sites for hydroxylation is 1. The molecule has 20 heavy (non-hydrogen) atoms. The molecule has 1 atom stereocenters. The lowest BCUT2D eigenvalue weighted by Crippen LogP contribution is -2.09. The van der Waals surface area contributed by atoms with Crippen LogP contribution in [0.25, 0.3) is 0 Å². The third-order valence-corrected chi connectivity index (χ3v) is 3.18. The average molecular weight is 273 g/mol. The van der Waals surface area contributed by atoms with Crippen molar-refractivity contribution in [3.8, 4) is 5.75 Å². The van der Waals surface area contributed by atoms with Crippen LogP contribution >= 0.6 is 0 Å². The standard InChI is InChI=1S/C16H23N3O/c1-4-10-19-11-9-17-16(19)18-14-7-6-8-15(12-14)20-13(3)5-2/h6-9,11-13H,4-5,10H2,1-3H3,(H,17,18). The highest BCUT2D eigenvalue weighted by molar-refractivity contribution is 5.56. The van der Waals surface area contributed by atoms with E-state index in [-0.39, 0.29) is 6.10 Å². The van der Waals surface area contributed by atoms with Crippen LogP contribution in [0.5, 0.6) is 5.75 Å². The number of anilines is 2. The fraction of sp³-hybridized carbons (Fsp3) is 0.438. The zero-order chi connectivity index (χ0) is 14.4. The van der Waals surface area contributed by atoms with Crippen LogP contribution in [0.3, 0.4) is 0 Å². The SMILES string of the molecule is CCCn1ccnc1Nc1cccc(OC(C)CC)c1. The maximum atomic E-state index is 5.83. The molecule has 0 amide bonds. The summed E-state index contributed by atoms with van der Waals surface area (Å²) in [7, 11) is 0. The van der Waals surface area contributed by atoms with Crippen molar-refractivity contribution in [3.63, 3.8) is 0 Å². The summed E-state index contributed by atoms with van der Waals surface area (Å²) >= 11 is 0. The molecule has 0 saturated carbocycles. The molecule has 0 fully saturated rings. The van der Waals surface area contributed by atoms with Crippen molar-refractivity contribution >= 4 is 11.6 Å². The average Bonchev–Trinajstić information content (AvgIpc) is 2.87. The van der Waals surface area contributed by atoms with E-state index in [9.17, 15) is 0 Å². The third-order valence-electron chi connectivity index (χ3n) is 3.18. The molecule has 1 heterocycles. The first-order chi connectivity index (χ1) is 9.72. The van der Waals surface area contributed by atoms with E-state index in [1.807, 2.05) is 36.7 Å². The Morgan fingerprint density at radius 1 is 1.35 bits per heavy atom. The molecule has 1 aromatic heterocycles. The Kier molecular flexibility index (Phi) is 5.04. The molecule has 0 radical (unpaired) electrons. The van der Waals surface area contributed by atoms with E-state index in [0.29, 0.717) is 0 Å². The van der Waals surface area contributed by atoms with Gasteiger partial charge in [-0.25, -0.2) is 4.98 Å². The van der Waals surface area contributed by atoms with Gasteiger partial charge in [0.15, 0.2) is 0 Å². The fourth-order valence-electron chi connectivity index (χ4n) is 1.95. The lowest BCUT2D eigenvalue weighted by Gasteiger charge is -2.14. The number of nitrogens with one attached hydrogen (secondary N) is 1. The molecular weight excluding hydrogens is 250 g/mol. The summed E-state index contributed by atoms with van der Waals surface area (Å²) in [6.07, 6.45) is 6.12. The highest BCUT2D eigenvalue weighted by Gasteiger charge is 2.05. The van der Waals surface area contributed by atoms with Crippen LogP contribution in [0.4, 0.5) is 11.6 Å². The smallest absolute Gasteiger partial charge is 0.207 e. The van der Waals surface area contributed by atoms with Crippen LogP contribution in [0.2, 0.25) is 0 Å². The van der Waals surface area contributed by atoms with E-state index in [1.54, 1.807) is 0 Å². The summed E-state index contributed by atoms with van der Waals surface area (Å²) in [5.41, 5.74) is 0.995. The first kappa shape index (κ1) is 14.4. The van der Waals surface area contributed by atoms with Crippen LogP contribution in [-0.2, 0) is 6.54 Å². The van der Waals surface area contributed by atoms with E-state index < -0.39 is 0 Å². The quantitative estimate of drug-likeness (QED) is 0.821. The number of rotatable bonds is 7. The van der Waals surface area contributed by atoms with Crippen molar-refractivity contribution < 1.29 is 4.74 Å². The minimum absolute atomic E-state index is 0.229. The number of nitrogens with zero attached hydrogens (tertiary/aromatic N) is 2. The predicted octanol–water partition coefficient (Wildman–Crippen LogP) is 4.21. The van der Waals surface area contributed by atoms with Gasteiger partial charge in [0, 0.05) is 30.7 Å². The van der Waals surface area contributed by atoms with Gasteiger partial charge in [0.25, 0.3) is 0 Å². The van der Waals surface area contributed by atoms with Gasteiger partial charge in [-0.05, 0) is 31.9 Å². The van der Waals surface area contributed by atoms with Gasteiger partial charge in [0.1, 0.15) is 5.75 Å². The second-order valence-corrected chi connectivity index (χ2v) is 4.93. The molecule has 2 rings (SSSR count). The maximum absolute atomic E-state index is 5.83. The highest BCUT2D eigenvalue weighted by atomic mass is 16.5. The monoisotopic (exact) mass is 273 g/mol. The zero-order valence-corrected chi connectivity index (χ0v) is 12.5. The Hall–Kier alpha value is -1.97. The van der Waals surface area contributed by atoms with Crippen LogP contribution in [0, 0.1) is 0 Å². The summed E-state index contributed by atoms with van der Waals surface area (Å²) < 4.78 is 7.95. The number of benzene rings is 1. The minimum atomic E-state index is 0.229. The molecule has 0 spiro atoms. The summed E-state index contributed by atoms with van der Waals surface area (Å²) in [6, 6.07) is 8.01. The van der Waals surface area contributed by atoms with Crippen LogP contribution in [0.1, 0.15) is 33.6 Å². The minimum Gasteiger partial charge on any atom is -0.491 e. The number of imidazole rings is 1.